The normalized spacial score (nSPS) is 13.0. The van der Waals surface area contributed by atoms with Gasteiger partial charge in [0.15, 0.2) is 0 Å². The predicted molar refractivity (Wildman–Crippen MR) is 110 cm³/mol. The molecule has 138 valence electrons. The van der Waals surface area contributed by atoms with Crippen LogP contribution in [0, 0.1) is 0 Å². The number of nitrogens with zero attached hydrogens (tertiary/aromatic N) is 3. The van der Waals surface area contributed by atoms with E-state index < -0.39 is 0 Å². The Kier molecular flexibility index (Phi) is 4.70. The van der Waals surface area contributed by atoms with Crippen LogP contribution in [0.3, 0.4) is 0 Å². The van der Waals surface area contributed by atoms with Crippen molar-refractivity contribution in [2.24, 2.45) is 0 Å². The fraction of sp³-hybridized carbons (Fsp3) is 0.250. The number of aromatic nitrogens is 2. The Bertz CT molecular complexity index is 1090. The molecule has 1 N–H and O–H groups in total. The van der Waals surface area contributed by atoms with E-state index in [0.717, 1.165) is 29.7 Å². The molecule has 1 amide bonds. The number of likely N-dealkylation sites (N-methyl/N-ethyl adjacent to an activating group) is 1. The summed E-state index contributed by atoms with van der Waals surface area (Å²) >= 11 is 3.36. The van der Waals surface area contributed by atoms with Crippen LogP contribution in [-0.4, -0.2) is 28.5 Å². The quantitative estimate of drug-likeness (QED) is 0.695. The summed E-state index contributed by atoms with van der Waals surface area (Å²) in [4.78, 5) is 31.6. The van der Waals surface area contributed by atoms with Crippen LogP contribution < -0.4 is 15.8 Å². The minimum atomic E-state index is -0.255. The highest BCUT2D eigenvalue weighted by molar-refractivity contribution is 9.10. The Labute approximate surface area is 165 Å². The number of hydrogen-bond acceptors (Lipinski definition) is 4. The lowest BCUT2D eigenvalue weighted by Gasteiger charge is -2.17. The summed E-state index contributed by atoms with van der Waals surface area (Å²) in [5.74, 6) is -0.255. The number of hydrogen-bond donors (Lipinski definition) is 1. The first-order valence-corrected chi connectivity index (χ1v) is 9.67. The Balaban J connectivity index is 1.54. The van der Waals surface area contributed by atoms with Crippen LogP contribution >= 0.6 is 15.9 Å². The van der Waals surface area contributed by atoms with Gasteiger partial charge in [0.05, 0.1) is 17.2 Å². The Hall–Kier alpha value is -2.67. The maximum absolute atomic E-state index is 12.6. The maximum atomic E-state index is 12.6. The number of nitrogens with one attached hydrogen (secondary N) is 1. The van der Waals surface area contributed by atoms with Crippen LogP contribution in [0.5, 0.6) is 0 Å². The van der Waals surface area contributed by atoms with Crippen LogP contribution in [0.2, 0.25) is 0 Å². The Morgan fingerprint density at radius 3 is 2.93 bits per heavy atom. The number of halogens is 1. The van der Waals surface area contributed by atoms with E-state index in [1.807, 2.05) is 18.2 Å². The molecule has 0 fully saturated rings. The first kappa shape index (κ1) is 17.7. The summed E-state index contributed by atoms with van der Waals surface area (Å²) < 4.78 is 2.13. The van der Waals surface area contributed by atoms with Crippen molar-refractivity contribution >= 4 is 44.1 Å². The van der Waals surface area contributed by atoms with Gasteiger partial charge in [0.25, 0.3) is 5.56 Å². The van der Waals surface area contributed by atoms with Gasteiger partial charge in [-0.3, -0.25) is 14.2 Å². The zero-order valence-electron chi connectivity index (χ0n) is 14.9. The number of fused-ring (bicyclic) bond motifs is 2. The molecule has 0 atom stereocenters. The van der Waals surface area contributed by atoms with Crippen LogP contribution in [0.15, 0.2) is 52.0 Å². The van der Waals surface area contributed by atoms with Crippen molar-refractivity contribution in [3.8, 4) is 0 Å². The number of anilines is 2. The van der Waals surface area contributed by atoms with Gasteiger partial charge in [0.2, 0.25) is 5.91 Å². The molecular formula is C20H19BrN4O2. The van der Waals surface area contributed by atoms with E-state index in [1.165, 1.54) is 22.1 Å². The Morgan fingerprint density at radius 2 is 2.11 bits per heavy atom. The third-order valence-electron chi connectivity index (χ3n) is 4.84. The van der Waals surface area contributed by atoms with E-state index in [2.05, 4.69) is 44.1 Å². The first-order valence-electron chi connectivity index (χ1n) is 8.87. The average molecular weight is 427 g/mol. The Morgan fingerprint density at radius 1 is 1.26 bits per heavy atom. The molecule has 4 rings (SSSR count). The molecule has 2 heterocycles. The van der Waals surface area contributed by atoms with Gasteiger partial charge < -0.3 is 10.2 Å². The van der Waals surface area contributed by atoms with Gasteiger partial charge >= 0.3 is 0 Å². The van der Waals surface area contributed by atoms with E-state index in [-0.39, 0.29) is 18.0 Å². The third kappa shape index (κ3) is 3.47. The lowest BCUT2D eigenvalue weighted by Crippen LogP contribution is -2.28. The standard InChI is InChI=1S/C20H19BrN4O2/c1-2-24-8-7-13-3-5-15(10-18(13)24)23-19(26)11-25-12-22-17-6-4-14(21)9-16(17)20(25)27/h3-6,9-10,12H,2,7-8,11H2,1H3,(H,23,26). The summed E-state index contributed by atoms with van der Waals surface area (Å²) in [6, 6.07) is 11.3. The topological polar surface area (TPSA) is 67.2 Å². The number of rotatable bonds is 4. The lowest BCUT2D eigenvalue weighted by atomic mass is 10.1. The molecule has 2 aromatic carbocycles. The van der Waals surface area contributed by atoms with Crippen molar-refractivity contribution in [3.63, 3.8) is 0 Å². The van der Waals surface area contributed by atoms with Crippen LogP contribution in [0.1, 0.15) is 12.5 Å². The number of amides is 1. The van der Waals surface area contributed by atoms with Crippen molar-refractivity contribution in [2.45, 2.75) is 19.9 Å². The summed E-state index contributed by atoms with van der Waals surface area (Å²) in [7, 11) is 0. The molecule has 0 aliphatic carbocycles. The molecule has 0 radical (unpaired) electrons. The molecule has 7 heteroatoms. The molecule has 0 bridgehead atoms. The number of carbonyl (C=O) groups excluding carboxylic acids is 1. The summed E-state index contributed by atoms with van der Waals surface area (Å²) in [5, 5.41) is 3.37. The van der Waals surface area contributed by atoms with Gasteiger partial charge in [-0.1, -0.05) is 22.0 Å². The monoisotopic (exact) mass is 426 g/mol. The van der Waals surface area contributed by atoms with Gasteiger partial charge in [0, 0.05) is 28.9 Å². The fourth-order valence-electron chi connectivity index (χ4n) is 3.45. The molecule has 3 aromatic rings. The highest BCUT2D eigenvalue weighted by atomic mass is 79.9. The van der Waals surface area contributed by atoms with E-state index in [1.54, 1.807) is 12.1 Å². The third-order valence-corrected chi connectivity index (χ3v) is 5.34. The minimum Gasteiger partial charge on any atom is -0.371 e. The van der Waals surface area contributed by atoms with Crippen molar-refractivity contribution in [2.75, 3.05) is 23.3 Å². The second-order valence-corrected chi connectivity index (χ2v) is 7.48. The van der Waals surface area contributed by atoms with E-state index >= 15 is 0 Å². The molecule has 0 saturated heterocycles. The highest BCUT2D eigenvalue weighted by Crippen LogP contribution is 2.30. The molecule has 1 aliphatic heterocycles. The first-order chi connectivity index (χ1) is 13.0. The minimum absolute atomic E-state index is 0.0805. The van der Waals surface area contributed by atoms with Crippen molar-refractivity contribution in [3.05, 3.63) is 63.1 Å². The van der Waals surface area contributed by atoms with Crippen molar-refractivity contribution < 1.29 is 4.79 Å². The number of benzene rings is 2. The van der Waals surface area contributed by atoms with E-state index in [9.17, 15) is 9.59 Å². The largest absolute Gasteiger partial charge is 0.371 e. The van der Waals surface area contributed by atoms with Crippen LogP contribution in [0.25, 0.3) is 10.9 Å². The molecule has 27 heavy (non-hydrogen) atoms. The fourth-order valence-corrected chi connectivity index (χ4v) is 3.81. The summed E-state index contributed by atoms with van der Waals surface area (Å²) in [6.45, 7) is 4.00. The van der Waals surface area contributed by atoms with E-state index in [4.69, 9.17) is 0 Å². The molecule has 0 spiro atoms. The lowest BCUT2D eigenvalue weighted by molar-refractivity contribution is -0.116. The molecular weight excluding hydrogens is 408 g/mol. The van der Waals surface area contributed by atoms with Gasteiger partial charge in [-0.15, -0.1) is 0 Å². The van der Waals surface area contributed by atoms with Gasteiger partial charge in [0.1, 0.15) is 6.54 Å². The SMILES string of the molecule is CCN1CCc2ccc(NC(=O)Cn3cnc4ccc(Br)cc4c3=O)cc21. The molecule has 0 saturated carbocycles. The molecule has 1 aromatic heterocycles. The highest BCUT2D eigenvalue weighted by Gasteiger charge is 2.18. The van der Waals surface area contributed by atoms with Gasteiger partial charge in [-0.05, 0) is 49.2 Å². The molecule has 6 nitrogen and oxygen atoms in total. The molecule has 0 unspecified atom stereocenters. The summed E-state index contributed by atoms with van der Waals surface area (Å²) in [6.07, 6.45) is 2.45. The van der Waals surface area contributed by atoms with Crippen molar-refractivity contribution in [1.29, 1.82) is 0 Å². The van der Waals surface area contributed by atoms with Crippen LogP contribution in [0.4, 0.5) is 11.4 Å². The summed E-state index contributed by atoms with van der Waals surface area (Å²) in [5.41, 5.74) is 3.59. The second-order valence-electron chi connectivity index (χ2n) is 6.56. The zero-order chi connectivity index (χ0) is 19.0. The van der Waals surface area contributed by atoms with Crippen molar-refractivity contribution in [1.82, 2.24) is 9.55 Å². The smallest absolute Gasteiger partial charge is 0.261 e. The predicted octanol–water partition coefficient (Wildman–Crippen LogP) is 3.18. The maximum Gasteiger partial charge on any atom is 0.261 e. The van der Waals surface area contributed by atoms with Crippen LogP contribution in [-0.2, 0) is 17.8 Å². The zero-order valence-corrected chi connectivity index (χ0v) is 16.5. The molecule has 1 aliphatic rings. The van der Waals surface area contributed by atoms with Gasteiger partial charge in [-0.25, -0.2) is 4.98 Å². The van der Waals surface area contributed by atoms with E-state index in [0.29, 0.717) is 10.9 Å². The van der Waals surface area contributed by atoms with Gasteiger partial charge in [-0.2, -0.15) is 0 Å². The number of carbonyl (C=O) groups is 1. The average Bonchev–Trinajstić information content (AvgIpc) is 3.07. The second kappa shape index (κ2) is 7.15.